The molecule has 11 atom stereocenters. The predicted molar refractivity (Wildman–Crippen MR) is 360 cm³/mol. The number of aliphatic carboxylic acids is 1. The van der Waals surface area contributed by atoms with Crippen molar-refractivity contribution in [2.45, 2.75) is 119 Å². The summed E-state index contributed by atoms with van der Waals surface area (Å²) in [7, 11) is 0. The van der Waals surface area contributed by atoms with Crippen molar-refractivity contribution < 1.29 is 72.9 Å². The molecule has 0 spiro atoms. The molecular weight excluding hydrogens is 1290 g/mol. The van der Waals surface area contributed by atoms with Gasteiger partial charge < -0.3 is 89.9 Å². The summed E-state index contributed by atoms with van der Waals surface area (Å²) in [5.41, 5.74) is 15.3. The molecule has 11 amide bonds. The zero-order valence-electron chi connectivity index (χ0n) is 52.9. The van der Waals surface area contributed by atoms with E-state index in [0.29, 0.717) is 22.4 Å². The van der Waals surface area contributed by atoms with E-state index in [9.17, 15) is 72.9 Å². The average molecular weight is 1380 g/mol. The zero-order chi connectivity index (χ0) is 70.7. The molecule has 0 fully saturated rings. The lowest BCUT2D eigenvalue weighted by molar-refractivity contribution is -0.143. The fraction of sp³-hybridized carbons (Fsp3) is 0.369. The fourth-order valence-corrected chi connectivity index (χ4v) is 10.6. The topological polar surface area (TPSA) is 482 Å². The number of primary amides is 1. The third kappa shape index (κ3) is 23.3. The van der Waals surface area contributed by atoms with Gasteiger partial charge in [-0.2, -0.15) is 25.3 Å². The number of nitrogens with zero attached hydrogens (tertiary/aromatic N) is 1. The van der Waals surface area contributed by atoms with Gasteiger partial charge in [-0.1, -0.05) is 123 Å². The highest BCUT2D eigenvalue weighted by Gasteiger charge is 2.38. The van der Waals surface area contributed by atoms with Crippen LogP contribution in [0.4, 0.5) is 0 Å². The van der Waals surface area contributed by atoms with E-state index in [2.05, 4.69) is 93.4 Å². The summed E-state index contributed by atoms with van der Waals surface area (Å²) in [5, 5.41) is 55.0. The largest absolute Gasteiger partial charge is 0.480 e. The Kier molecular flexibility index (Phi) is 29.6. The van der Waals surface area contributed by atoms with Gasteiger partial charge in [-0.3, -0.25) is 52.7 Å². The van der Waals surface area contributed by atoms with Crippen LogP contribution in [0, 0.1) is 5.92 Å². The second-order valence-electron chi connectivity index (χ2n) is 23.0. The van der Waals surface area contributed by atoms with Gasteiger partial charge in [0.15, 0.2) is 0 Å². The van der Waals surface area contributed by atoms with Crippen LogP contribution in [-0.4, -0.2) is 192 Å². The molecule has 518 valence electrons. The number of hydrogen-bond acceptors (Lipinski definition) is 18. The summed E-state index contributed by atoms with van der Waals surface area (Å²) in [6.07, 6.45) is 2.59. The number of H-pyrrole nitrogens is 2. The first-order valence-electron chi connectivity index (χ1n) is 30.8. The Morgan fingerprint density at radius 3 is 1.32 bits per heavy atom. The maximum Gasteiger partial charge on any atom is 0.328 e. The molecule has 0 saturated heterocycles. The number of aromatic amines is 2. The molecule has 97 heavy (non-hydrogen) atoms. The summed E-state index contributed by atoms with van der Waals surface area (Å²) in [4.78, 5) is 175. The molecule has 6 aromatic rings. The van der Waals surface area contributed by atoms with E-state index in [4.69, 9.17) is 11.5 Å². The summed E-state index contributed by atoms with van der Waals surface area (Å²) < 4.78 is 0. The molecule has 4 aromatic carbocycles. The zero-order valence-corrected chi connectivity index (χ0v) is 54.7. The van der Waals surface area contributed by atoms with E-state index in [0.717, 1.165) is 16.5 Å². The minimum Gasteiger partial charge on any atom is -0.480 e. The van der Waals surface area contributed by atoms with E-state index >= 15 is 0 Å². The lowest BCUT2D eigenvalue weighted by atomic mass is 9.99. The number of para-hydroxylation sites is 1. The third-order valence-corrected chi connectivity index (χ3v) is 16.1. The van der Waals surface area contributed by atoms with E-state index in [-0.39, 0.29) is 43.6 Å². The highest BCUT2D eigenvalue weighted by molar-refractivity contribution is 7.80. The molecule has 0 aliphatic rings. The van der Waals surface area contributed by atoms with Gasteiger partial charge in [-0.25, -0.2) is 9.78 Å². The number of benzene rings is 4. The molecule has 30 nitrogen and oxygen atoms in total. The van der Waals surface area contributed by atoms with E-state index in [1.54, 1.807) is 111 Å². The molecule has 0 aliphatic carbocycles. The van der Waals surface area contributed by atoms with Crippen molar-refractivity contribution in [2.75, 3.05) is 24.7 Å². The Bertz CT molecular complexity index is 3660. The van der Waals surface area contributed by atoms with Gasteiger partial charge in [0, 0.05) is 66.2 Å². The Morgan fingerprint density at radius 2 is 0.845 bits per heavy atom. The second-order valence-corrected chi connectivity index (χ2v) is 23.8. The Hall–Kier alpha value is -10.1. The van der Waals surface area contributed by atoms with E-state index in [1.807, 2.05) is 24.3 Å². The molecule has 2 heterocycles. The van der Waals surface area contributed by atoms with Gasteiger partial charge in [-0.05, 0) is 40.7 Å². The van der Waals surface area contributed by atoms with E-state index in [1.165, 1.54) is 12.5 Å². The molecule has 0 saturated carbocycles. The summed E-state index contributed by atoms with van der Waals surface area (Å²) >= 11 is 8.42. The molecule has 0 radical (unpaired) electrons. The van der Waals surface area contributed by atoms with Crippen molar-refractivity contribution >= 4 is 107 Å². The Labute approximate surface area is 568 Å². The predicted octanol–water partition coefficient (Wildman–Crippen LogP) is -2.96. The first kappa shape index (κ1) is 75.9. The number of aromatic nitrogens is 3. The molecule has 0 aliphatic heterocycles. The van der Waals surface area contributed by atoms with Gasteiger partial charge in [0.25, 0.3) is 0 Å². The quantitative estimate of drug-likeness (QED) is 0.0172. The number of amides is 11. The van der Waals surface area contributed by atoms with Crippen molar-refractivity contribution in [3.05, 3.63) is 162 Å². The molecule has 6 rings (SSSR count). The number of nitrogens with two attached hydrogens (primary N) is 2. The summed E-state index contributed by atoms with van der Waals surface area (Å²) in [6, 6.07) is 15.8. The van der Waals surface area contributed by atoms with Crippen LogP contribution in [-0.2, 0) is 89.6 Å². The molecular formula is C65H81N15O15S2. The van der Waals surface area contributed by atoms with Crippen LogP contribution in [0.5, 0.6) is 0 Å². The Morgan fingerprint density at radius 1 is 0.454 bits per heavy atom. The summed E-state index contributed by atoms with van der Waals surface area (Å²) in [5.74, 6) is -13.6. The van der Waals surface area contributed by atoms with Crippen LogP contribution in [0.1, 0.15) is 48.2 Å². The standard InChI is InChI=1S/C65H81N15O15S2/c1-35(2)54(80-60(89)46(25-39-28-69-43-21-13-12-20-41(39)43)72-62(91)51(32-96)78-55(84)42(66)22-36-14-6-3-7-15-36)64(93)75-45(24-38-18-10-5-11-19-38)56(85)74-48(27-53(67)83)59(88)71-44(23-37-16-8-4-9-17-37)57(86)76-49(30-81)61(90)73-47(26-40-29-68-34-70-40)58(87)79-52(33-97)63(92)77-50(31-82)65(94)95/h3-21,28-29,34-35,42,44-52,54,69,81-82,96-97H,22-27,30-33,66H2,1-2H3,(H2,67,83)(H,68,70)(H,71,88)(H,72,91)(H,73,90)(H,74,85)(H,75,93)(H,76,86)(H,77,92)(H,78,84)(H,79,87)(H,80,89)(H,94,95)/t42-,44-,45-,46-,47-,48-,49-,50-,51-,52-,54-/m0/s1. The van der Waals surface area contributed by atoms with Crippen LogP contribution in [0.15, 0.2) is 134 Å². The Balaban J connectivity index is 1.21. The smallest absolute Gasteiger partial charge is 0.328 e. The van der Waals surface area contributed by atoms with Crippen LogP contribution in [0.2, 0.25) is 0 Å². The summed E-state index contributed by atoms with van der Waals surface area (Å²) in [6.45, 7) is 1.16. The minimum absolute atomic E-state index is 0.119. The number of rotatable bonds is 38. The maximum atomic E-state index is 14.7. The number of aliphatic hydroxyl groups excluding tert-OH is 2. The van der Waals surface area contributed by atoms with Crippen LogP contribution < -0.4 is 64.6 Å². The lowest BCUT2D eigenvalue weighted by Crippen LogP contribution is -2.62. The number of carboxylic acids is 1. The number of carboxylic acid groups (broad SMARTS) is 1. The number of imidazole rings is 1. The van der Waals surface area contributed by atoms with Crippen molar-refractivity contribution in [2.24, 2.45) is 17.4 Å². The maximum absolute atomic E-state index is 14.7. The third-order valence-electron chi connectivity index (χ3n) is 15.3. The SMILES string of the molecule is CC(C)[C@H](NC(=O)[C@H](Cc1c[nH]c2ccccc12)NC(=O)[C@H](CS)NC(=O)[C@@H](N)Cc1ccccc1)C(=O)N[C@@H](Cc1ccccc1)C(=O)N[C@@H](CC(N)=O)C(=O)N[C@@H](Cc1ccccc1)C(=O)N[C@@H](CO)C(=O)N[C@@H](Cc1cnc[nH]1)C(=O)N[C@@H](CS)C(=O)N[C@@H](CO)C(=O)O. The first-order chi connectivity index (χ1) is 46.4. The van der Waals surface area contributed by atoms with Crippen LogP contribution in [0.25, 0.3) is 10.9 Å². The highest BCUT2D eigenvalue weighted by Crippen LogP contribution is 2.20. The van der Waals surface area contributed by atoms with Gasteiger partial charge in [0.1, 0.15) is 60.4 Å². The van der Waals surface area contributed by atoms with Gasteiger partial charge >= 0.3 is 5.97 Å². The highest BCUT2D eigenvalue weighted by atomic mass is 32.1. The van der Waals surface area contributed by atoms with Crippen LogP contribution >= 0.6 is 25.3 Å². The van der Waals surface area contributed by atoms with Crippen molar-refractivity contribution in [3.63, 3.8) is 0 Å². The number of carbonyl (C=O) groups excluding carboxylic acids is 11. The number of nitrogens with one attached hydrogen (secondary N) is 12. The number of aliphatic hydroxyl groups is 2. The van der Waals surface area contributed by atoms with Crippen molar-refractivity contribution in [1.29, 1.82) is 0 Å². The molecule has 19 N–H and O–H groups in total. The number of carbonyl (C=O) groups is 12. The number of fused-ring (bicyclic) bond motifs is 1. The monoisotopic (exact) mass is 1380 g/mol. The van der Waals surface area contributed by atoms with Crippen LogP contribution in [0.3, 0.4) is 0 Å². The van der Waals surface area contributed by atoms with Crippen molar-refractivity contribution in [1.82, 2.24) is 68.1 Å². The van der Waals surface area contributed by atoms with Crippen molar-refractivity contribution in [3.8, 4) is 0 Å². The minimum atomic E-state index is -1.85. The lowest BCUT2D eigenvalue weighted by Gasteiger charge is -2.29. The van der Waals surface area contributed by atoms with Gasteiger partial charge in [-0.15, -0.1) is 0 Å². The fourth-order valence-electron chi connectivity index (χ4n) is 10.0. The molecule has 2 aromatic heterocycles. The van der Waals surface area contributed by atoms with E-state index < -0.39 is 163 Å². The molecule has 0 bridgehead atoms. The average Bonchev–Trinajstić information content (AvgIpc) is 1.83. The number of hydrogen-bond donors (Lipinski definition) is 19. The molecule has 32 heteroatoms. The number of thiol groups is 2. The normalized spacial score (nSPS) is 14.6. The van der Waals surface area contributed by atoms with Gasteiger partial charge in [0.2, 0.25) is 65.0 Å². The van der Waals surface area contributed by atoms with Gasteiger partial charge in [0.05, 0.1) is 32.0 Å². The molecule has 0 unspecified atom stereocenters. The first-order valence-corrected chi connectivity index (χ1v) is 32.1. The second kappa shape index (κ2) is 37.8.